The summed E-state index contributed by atoms with van der Waals surface area (Å²) in [5.41, 5.74) is 3.49. The predicted molar refractivity (Wildman–Crippen MR) is 56.2 cm³/mol. The van der Waals surface area contributed by atoms with Gasteiger partial charge in [-0.15, -0.1) is 0 Å². The average molecular weight is 217 g/mol. The van der Waals surface area contributed by atoms with Crippen LogP contribution in [0.2, 0.25) is 0 Å². The van der Waals surface area contributed by atoms with Crippen molar-refractivity contribution < 1.29 is 16.0 Å². The lowest BCUT2D eigenvalue weighted by molar-refractivity contribution is -0.0437. The standard InChI is InChI=1S/C10H20N2O3/c1-9(2,3)15-8(13)12-11-7-5-10(4,14)6-7/h7,11,14H,5-6H2,1-4H3,(H,12,13)/i7D. The first-order chi connectivity index (χ1) is 7.02. The molecule has 0 aliphatic heterocycles. The Bertz CT molecular complexity index is 278. The third kappa shape index (κ3) is 4.48. The molecule has 88 valence electrons. The molecule has 3 N–H and O–H groups in total. The molecule has 1 fully saturated rings. The summed E-state index contributed by atoms with van der Waals surface area (Å²) in [6.07, 6.45) is -0.0725. The van der Waals surface area contributed by atoms with E-state index in [1.54, 1.807) is 27.7 Å². The van der Waals surface area contributed by atoms with Gasteiger partial charge in [0, 0.05) is 7.39 Å². The fraction of sp³-hybridized carbons (Fsp3) is 0.900. The molecule has 0 heterocycles. The lowest BCUT2D eigenvalue weighted by atomic mass is 9.78. The van der Waals surface area contributed by atoms with Gasteiger partial charge in [0.05, 0.1) is 5.60 Å². The highest BCUT2D eigenvalue weighted by molar-refractivity contribution is 5.67. The van der Waals surface area contributed by atoms with E-state index in [2.05, 4.69) is 10.9 Å². The molecule has 1 rings (SSSR count). The van der Waals surface area contributed by atoms with Crippen LogP contribution in [0.3, 0.4) is 0 Å². The minimum atomic E-state index is -1.000. The van der Waals surface area contributed by atoms with E-state index in [4.69, 9.17) is 6.11 Å². The SMILES string of the molecule is [2H]C1(NNC(=O)OC(C)(C)C)CC(C)(O)C1. The highest BCUT2D eigenvalue weighted by atomic mass is 16.6. The molecular weight excluding hydrogens is 196 g/mol. The van der Waals surface area contributed by atoms with Gasteiger partial charge in [-0.2, -0.15) is 0 Å². The van der Waals surface area contributed by atoms with E-state index in [0.717, 1.165) is 0 Å². The quantitative estimate of drug-likeness (QED) is 0.602. The molecule has 0 atom stereocenters. The van der Waals surface area contributed by atoms with E-state index < -0.39 is 23.3 Å². The fourth-order valence-corrected chi connectivity index (χ4v) is 1.40. The largest absolute Gasteiger partial charge is 0.443 e. The lowest BCUT2D eigenvalue weighted by Crippen LogP contribution is -2.57. The number of hydrogen-bond acceptors (Lipinski definition) is 4. The van der Waals surface area contributed by atoms with E-state index in [1.165, 1.54) is 0 Å². The number of carbonyl (C=O) groups excluding carboxylic acids is 1. The van der Waals surface area contributed by atoms with Gasteiger partial charge in [-0.25, -0.2) is 10.2 Å². The minimum Gasteiger partial charge on any atom is -0.443 e. The molecule has 15 heavy (non-hydrogen) atoms. The van der Waals surface area contributed by atoms with Gasteiger partial charge in [0.2, 0.25) is 0 Å². The van der Waals surface area contributed by atoms with E-state index >= 15 is 0 Å². The van der Waals surface area contributed by atoms with Gasteiger partial charge in [-0.1, -0.05) is 0 Å². The summed E-state index contributed by atoms with van der Waals surface area (Å²) < 4.78 is 12.8. The summed E-state index contributed by atoms with van der Waals surface area (Å²) in [5, 5.41) is 9.50. The summed E-state index contributed by atoms with van der Waals surface area (Å²) in [7, 11) is 0. The maximum Gasteiger partial charge on any atom is 0.422 e. The molecule has 1 amide bonds. The highest BCUT2D eigenvalue weighted by Gasteiger charge is 2.38. The van der Waals surface area contributed by atoms with Gasteiger partial charge < -0.3 is 9.84 Å². The summed E-state index contributed by atoms with van der Waals surface area (Å²) in [4.78, 5) is 11.3. The Morgan fingerprint density at radius 1 is 1.60 bits per heavy atom. The number of hydrazine groups is 1. The van der Waals surface area contributed by atoms with Crippen LogP contribution in [0, 0.1) is 0 Å². The number of amides is 1. The van der Waals surface area contributed by atoms with Gasteiger partial charge in [-0.3, -0.25) is 5.43 Å². The molecule has 0 aromatic heterocycles. The number of ether oxygens (including phenoxy) is 1. The van der Waals surface area contributed by atoms with Crippen molar-refractivity contribution >= 4 is 6.09 Å². The molecule has 1 aliphatic rings. The van der Waals surface area contributed by atoms with Gasteiger partial charge in [0.25, 0.3) is 0 Å². The number of nitrogens with one attached hydrogen (secondary N) is 2. The van der Waals surface area contributed by atoms with Crippen molar-refractivity contribution in [2.24, 2.45) is 0 Å². The first-order valence-electron chi connectivity index (χ1n) is 5.50. The zero-order chi connectivity index (χ0) is 12.6. The van der Waals surface area contributed by atoms with Crippen LogP contribution in [0.1, 0.15) is 41.9 Å². The minimum absolute atomic E-state index is 0.274. The second kappa shape index (κ2) is 3.98. The van der Waals surface area contributed by atoms with Gasteiger partial charge >= 0.3 is 6.09 Å². The highest BCUT2D eigenvalue weighted by Crippen LogP contribution is 2.30. The molecule has 1 aliphatic carbocycles. The molecular formula is C10H20N2O3. The first-order valence-corrected chi connectivity index (χ1v) is 5.00. The Balaban J connectivity index is 2.28. The summed E-state index contributed by atoms with van der Waals surface area (Å²) in [5.74, 6) is 0. The molecule has 0 bridgehead atoms. The molecule has 5 heteroatoms. The molecule has 0 spiro atoms. The third-order valence-electron chi connectivity index (χ3n) is 1.93. The van der Waals surface area contributed by atoms with Crippen molar-refractivity contribution in [3.63, 3.8) is 0 Å². The predicted octanol–water partition coefficient (Wildman–Crippen LogP) is 0.929. The topological polar surface area (TPSA) is 70.6 Å². The zero-order valence-electron chi connectivity index (χ0n) is 10.7. The Hall–Kier alpha value is -0.810. The second-order valence-electron chi connectivity index (χ2n) is 5.21. The number of carbonyl (C=O) groups is 1. The smallest absolute Gasteiger partial charge is 0.422 e. The molecule has 0 unspecified atom stereocenters. The number of hydrogen-bond donors (Lipinski definition) is 3. The molecule has 1 saturated carbocycles. The lowest BCUT2D eigenvalue weighted by Gasteiger charge is -2.41. The fourth-order valence-electron chi connectivity index (χ4n) is 1.40. The monoisotopic (exact) mass is 217 g/mol. The second-order valence-corrected chi connectivity index (χ2v) is 5.21. The van der Waals surface area contributed by atoms with Crippen LogP contribution in [-0.2, 0) is 4.74 Å². The van der Waals surface area contributed by atoms with Crippen molar-refractivity contribution in [1.82, 2.24) is 10.9 Å². The molecule has 0 radical (unpaired) electrons. The Kier molecular flexibility index (Phi) is 2.84. The van der Waals surface area contributed by atoms with Gasteiger partial charge in [0.1, 0.15) is 5.60 Å². The average Bonchev–Trinajstić information content (AvgIpc) is 1.93. The summed E-state index contributed by atoms with van der Waals surface area (Å²) in [6.45, 7) is 6.94. The van der Waals surface area contributed by atoms with Crippen LogP contribution in [0.4, 0.5) is 4.79 Å². The number of aliphatic hydroxyl groups is 1. The number of rotatable bonds is 2. The Morgan fingerprint density at radius 2 is 2.13 bits per heavy atom. The van der Waals surface area contributed by atoms with Crippen LogP contribution >= 0.6 is 0 Å². The molecule has 5 nitrogen and oxygen atoms in total. The van der Waals surface area contributed by atoms with Crippen molar-refractivity contribution in [2.75, 3.05) is 0 Å². The van der Waals surface area contributed by atoms with Crippen molar-refractivity contribution in [3.05, 3.63) is 0 Å². The maximum atomic E-state index is 11.3. The van der Waals surface area contributed by atoms with Crippen molar-refractivity contribution in [2.45, 2.75) is 57.8 Å². The normalized spacial score (nSPS) is 36.5. The van der Waals surface area contributed by atoms with Crippen molar-refractivity contribution in [1.29, 1.82) is 0 Å². The third-order valence-corrected chi connectivity index (χ3v) is 1.93. The Labute approximate surface area is 91.6 Å². The molecule has 0 saturated heterocycles. The summed E-state index contributed by atoms with van der Waals surface area (Å²) >= 11 is 0. The van der Waals surface area contributed by atoms with Crippen LogP contribution in [0.15, 0.2) is 0 Å². The van der Waals surface area contributed by atoms with Crippen molar-refractivity contribution in [3.8, 4) is 0 Å². The molecule has 0 aromatic carbocycles. The Morgan fingerprint density at radius 3 is 2.53 bits per heavy atom. The van der Waals surface area contributed by atoms with E-state index in [1.807, 2.05) is 0 Å². The first kappa shape index (κ1) is 10.7. The van der Waals surface area contributed by atoms with Gasteiger partial charge in [-0.05, 0) is 40.5 Å². The zero-order valence-corrected chi connectivity index (χ0v) is 9.68. The van der Waals surface area contributed by atoms with Crippen LogP contribution in [-0.4, -0.2) is 28.4 Å². The summed E-state index contributed by atoms with van der Waals surface area (Å²) in [6, 6.07) is -1.000. The van der Waals surface area contributed by atoms with E-state index in [0.29, 0.717) is 0 Å². The van der Waals surface area contributed by atoms with Gasteiger partial charge in [0.15, 0.2) is 0 Å². The van der Waals surface area contributed by atoms with Crippen LogP contribution in [0.5, 0.6) is 0 Å². The van der Waals surface area contributed by atoms with E-state index in [-0.39, 0.29) is 12.8 Å². The maximum absolute atomic E-state index is 11.3. The van der Waals surface area contributed by atoms with Crippen LogP contribution in [0.25, 0.3) is 0 Å². The van der Waals surface area contributed by atoms with E-state index in [9.17, 15) is 9.90 Å². The molecule has 0 aromatic rings. The van der Waals surface area contributed by atoms with Crippen LogP contribution < -0.4 is 10.9 Å².